The highest BCUT2D eigenvalue weighted by Gasteiger charge is 2.53. The maximum atomic E-state index is 13.5. The third kappa shape index (κ3) is 5.33. The molecule has 5 atom stereocenters. The van der Waals surface area contributed by atoms with Gasteiger partial charge in [-0.15, -0.1) is 6.58 Å². The lowest BCUT2D eigenvalue weighted by molar-refractivity contribution is -0.223. The smallest absolute Gasteiger partial charge is 0.261 e. The van der Waals surface area contributed by atoms with E-state index in [1.165, 1.54) is 4.90 Å². The molecule has 0 unspecified atom stereocenters. The SMILES string of the molecule is C=CC[C@@H]1O[C@H](COCc2ccccc2)[C@@H](O)[C@H](OCc2ccccc2)[C@H]1N1C(=O)c2ccccc2C1=O. The Bertz CT molecular complexity index is 1230. The van der Waals surface area contributed by atoms with Gasteiger partial charge in [0.2, 0.25) is 0 Å². The van der Waals surface area contributed by atoms with Gasteiger partial charge >= 0.3 is 0 Å². The fraction of sp³-hybridized carbons (Fsp3) is 0.290. The minimum atomic E-state index is -1.15. The second kappa shape index (κ2) is 11.8. The molecule has 1 saturated heterocycles. The zero-order valence-electron chi connectivity index (χ0n) is 21.0. The molecule has 2 aliphatic heterocycles. The van der Waals surface area contributed by atoms with E-state index < -0.39 is 42.3 Å². The van der Waals surface area contributed by atoms with Crippen LogP contribution in [-0.2, 0) is 27.4 Å². The van der Waals surface area contributed by atoms with E-state index in [0.29, 0.717) is 24.2 Å². The van der Waals surface area contributed by atoms with Crippen LogP contribution in [0.25, 0.3) is 0 Å². The molecule has 2 aliphatic rings. The molecule has 2 amide bonds. The zero-order valence-corrected chi connectivity index (χ0v) is 21.0. The van der Waals surface area contributed by atoms with Crippen molar-refractivity contribution in [2.24, 2.45) is 0 Å². The van der Waals surface area contributed by atoms with Crippen LogP contribution < -0.4 is 0 Å². The number of amides is 2. The van der Waals surface area contributed by atoms with Gasteiger partial charge < -0.3 is 19.3 Å². The topological polar surface area (TPSA) is 85.3 Å². The first-order chi connectivity index (χ1) is 18.6. The fourth-order valence-electron chi connectivity index (χ4n) is 5.13. The Balaban J connectivity index is 1.42. The third-order valence-corrected chi connectivity index (χ3v) is 6.99. The number of aliphatic hydroxyl groups is 1. The molecule has 1 fully saturated rings. The minimum absolute atomic E-state index is 0.115. The molecule has 3 aromatic carbocycles. The van der Waals surface area contributed by atoms with E-state index in [1.807, 2.05) is 60.7 Å². The summed E-state index contributed by atoms with van der Waals surface area (Å²) in [7, 11) is 0. The summed E-state index contributed by atoms with van der Waals surface area (Å²) in [6, 6.07) is 25.2. The second-order valence-electron chi connectivity index (χ2n) is 9.51. The molecule has 0 aliphatic carbocycles. The van der Waals surface area contributed by atoms with Gasteiger partial charge in [-0.2, -0.15) is 0 Å². The molecular formula is C31H31NO6. The van der Waals surface area contributed by atoms with E-state index in [4.69, 9.17) is 14.2 Å². The van der Waals surface area contributed by atoms with Gasteiger partial charge in [-0.3, -0.25) is 14.5 Å². The summed E-state index contributed by atoms with van der Waals surface area (Å²) in [5.74, 6) is -0.847. The van der Waals surface area contributed by atoms with Crippen LogP contribution >= 0.6 is 0 Å². The number of aliphatic hydroxyl groups excluding tert-OH is 1. The van der Waals surface area contributed by atoms with E-state index in [-0.39, 0.29) is 13.2 Å². The Morgan fingerprint density at radius 2 is 1.37 bits per heavy atom. The lowest BCUT2D eigenvalue weighted by atomic mass is 9.89. The summed E-state index contributed by atoms with van der Waals surface area (Å²) in [6.07, 6.45) is -1.37. The Kier molecular flexibility index (Phi) is 8.10. The third-order valence-electron chi connectivity index (χ3n) is 6.99. The molecule has 5 rings (SSSR count). The molecule has 0 saturated carbocycles. The summed E-state index contributed by atoms with van der Waals surface area (Å²) in [6.45, 7) is 4.52. The fourth-order valence-corrected chi connectivity index (χ4v) is 5.13. The van der Waals surface area contributed by atoms with Crippen molar-refractivity contribution in [2.75, 3.05) is 6.61 Å². The molecule has 3 aromatic rings. The second-order valence-corrected chi connectivity index (χ2v) is 9.51. The van der Waals surface area contributed by atoms with Gasteiger partial charge in [0.05, 0.1) is 43.1 Å². The molecule has 38 heavy (non-hydrogen) atoms. The number of nitrogens with zero attached hydrogens (tertiary/aromatic N) is 1. The number of rotatable bonds is 10. The van der Waals surface area contributed by atoms with Gasteiger partial charge in [0.25, 0.3) is 11.8 Å². The molecule has 196 valence electrons. The molecule has 0 bridgehead atoms. The largest absolute Gasteiger partial charge is 0.388 e. The van der Waals surface area contributed by atoms with Crippen molar-refractivity contribution in [3.8, 4) is 0 Å². The van der Waals surface area contributed by atoms with Crippen LogP contribution in [0.1, 0.15) is 38.3 Å². The first kappa shape index (κ1) is 26.0. The number of hydrogen-bond acceptors (Lipinski definition) is 6. The molecule has 7 nitrogen and oxygen atoms in total. The van der Waals surface area contributed by atoms with E-state index >= 15 is 0 Å². The van der Waals surface area contributed by atoms with E-state index in [2.05, 4.69) is 6.58 Å². The molecule has 0 aromatic heterocycles. The summed E-state index contributed by atoms with van der Waals surface area (Å²) in [5.41, 5.74) is 2.57. The number of benzene rings is 3. The van der Waals surface area contributed by atoms with Crippen molar-refractivity contribution in [1.82, 2.24) is 4.90 Å². The molecule has 7 heteroatoms. The number of imide groups is 1. The average molecular weight is 514 g/mol. The minimum Gasteiger partial charge on any atom is -0.388 e. The van der Waals surface area contributed by atoms with E-state index in [9.17, 15) is 14.7 Å². The van der Waals surface area contributed by atoms with Gasteiger partial charge in [-0.1, -0.05) is 78.9 Å². The van der Waals surface area contributed by atoms with Crippen molar-refractivity contribution < 1.29 is 28.9 Å². The van der Waals surface area contributed by atoms with Crippen LogP contribution in [0, 0.1) is 0 Å². The van der Waals surface area contributed by atoms with Gasteiger partial charge in [0, 0.05) is 0 Å². The highest BCUT2D eigenvalue weighted by Crippen LogP contribution is 2.35. The number of ether oxygens (including phenoxy) is 3. The highest BCUT2D eigenvalue weighted by atomic mass is 16.6. The van der Waals surface area contributed by atoms with Crippen LogP contribution in [0.15, 0.2) is 97.6 Å². The molecule has 0 radical (unpaired) electrons. The Morgan fingerprint density at radius 3 is 1.95 bits per heavy atom. The predicted octanol–water partition coefficient (Wildman–Crippen LogP) is 4.16. The van der Waals surface area contributed by atoms with Crippen molar-refractivity contribution in [2.45, 2.75) is 50.1 Å². The molecule has 2 heterocycles. The molecule has 1 N–H and O–H groups in total. The molecule has 0 spiro atoms. The van der Waals surface area contributed by atoms with Crippen molar-refractivity contribution in [3.05, 3.63) is 120 Å². The summed E-state index contributed by atoms with van der Waals surface area (Å²) >= 11 is 0. The maximum absolute atomic E-state index is 13.5. The zero-order chi connectivity index (χ0) is 26.5. The van der Waals surface area contributed by atoms with Crippen molar-refractivity contribution >= 4 is 11.8 Å². The summed E-state index contributed by atoms with van der Waals surface area (Å²) in [5, 5.41) is 11.5. The van der Waals surface area contributed by atoms with Gasteiger partial charge in [0.15, 0.2) is 0 Å². The van der Waals surface area contributed by atoms with Gasteiger partial charge in [-0.25, -0.2) is 0 Å². The van der Waals surface area contributed by atoms with Gasteiger partial charge in [0.1, 0.15) is 18.3 Å². The quantitative estimate of drug-likeness (QED) is 0.324. The predicted molar refractivity (Wildman–Crippen MR) is 141 cm³/mol. The summed E-state index contributed by atoms with van der Waals surface area (Å²) in [4.78, 5) is 28.1. The number of fused-ring (bicyclic) bond motifs is 1. The average Bonchev–Trinajstić information content (AvgIpc) is 3.20. The Labute approximate surface area is 222 Å². The number of hydrogen-bond donors (Lipinski definition) is 1. The molecular weight excluding hydrogens is 482 g/mol. The highest BCUT2D eigenvalue weighted by molar-refractivity contribution is 6.21. The van der Waals surface area contributed by atoms with Crippen LogP contribution in [0.4, 0.5) is 0 Å². The van der Waals surface area contributed by atoms with E-state index in [0.717, 1.165) is 11.1 Å². The lowest BCUT2D eigenvalue weighted by Gasteiger charge is -2.47. The number of carbonyl (C=O) groups is 2. The van der Waals surface area contributed by atoms with Crippen LogP contribution in [0.2, 0.25) is 0 Å². The lowest BCUT2D eigenvalue weighted by Crippen LogP contribution is -2.65. The van der Waals surface area contributed by atoms with Gasteiger partial charge in [-0.05, 0) is 29.7 Å². The van der Waals surface area contributed by atoms with Crippen LogP contribution in [-0.4, -0.2) is 58.9 Å². The van der Waals surface area contributed by atoms with Crippen LogP contribution in [0.5, 0.6) is 0 Å². The first-order valence-corrected chi connectivity index (χ1v) is 12.8. The monoisotopic (exact) mass is 513 g/mol. The Hall–Kier alpha value is -3.62. The van der Waals surface area contributed by atoms with Crippen molar-refractivity contribution in [3.63, 3.8) is 0 Å². The first-order valence-electron chi connectivity index (χ1n) is 12.8. The Morgan fingerprint density at radius 1 is 0.816 bits per heavy atom. The normalized spacial score (nSPS) is 24.9. The maximum Gasteiger partial charge on any atom is 0.261 e. The van der Waals surface area contributed by atoms with Crippen LogP contribution in [0.3, 0.4) is 0 Å². The number of carbonyl (C=O) groups excluding carboxylic acids is 2. The summed E-state index contributed by atoms with van der Waals surface area (Å²) < 4.78 is 18.5. The standard InChI is InChI=1S/C31H31NO6/c1-2-11-25-27(32-30(34)23-16-9-10-17-24(23)31(32)35)29(37-19-22-14-7-4-8-15-22)28(33)26(38-25)20-36-18-21-12-5-3-6-13-21/h2-10,12-17,25-29,33H,1,11,18-20H2/t25-,26+,27-,28+,29+/m0/s1. The van der Waals surface area contributed by atoms with E-state index in [1.54, 1.807) is 30.3 Å². The van der Waals surface area contributed by atoms with Crippen molar-refractivity contribution in [1.29, 1.82) is 0 Å².